The molecule has 0 N–H and O–H groups in total. The first kappa shape index (κ1) is 32.3. The number of halogens is 17. The fourth-order valence-electron chi connectivity index (χ4n) is 1.99. The summed E-state index contributed by atoms with van der Waals surface area (Å²) in [5, 5.41) is -7.56. The van der Waals surface area contributed by atoms with E-state index in [-0.39, 0.29) is 6.20 Å². The lowest BCUT2D eigenvalue weighted by molar-refractivity contribution is -0.458. The van der Waals surface area contributed by atoms with Gasteiger partial charge in [-0.05, 0) is 6.42 Å². The maximum absolute atomic E-state index is 13.9. The molecule has 0 aromatic rings. The molecule has 0 radical (unpaired) electrons. The minimum atomic E-state index is -8.84. The highest BCUT2D eigenvalue weighted by atomic mass is 32.2. The summed E-state index contributed by atoms with van der Waals surface area (Å²) < 4.78 is 246. The zero-order valence-corrected chi connectivity index (χ0v) is 16.6. The molecule has 0 heterocycles. The van der Waals surface area contributed by atoms with Crippen LogP contribution >= 0.6 is 0 Å². The van der Waals surface area contributed by atoms with Gasteiger partial charge >= 0.3 is 57.0 Å². The maximum atomic E-state index is 13.9. The van der Waals surface area contributed by atoms with Crippen molar-refractivity contribution in [1.82, 2.24) is 4.31 Å². The Hall–Kier alpha value is -1.70. The Labute approximate surface area is 178 Å². The van der Waals surface area contributed by atoms with E-state index in [1.54, 1.807) is 0 Å². The second-order valence-electron chi connectivity index (χ2n) is 6.26. The number of nitrogens with zero attached hydrogens (tertiary/aromatic N) is 1. The zero-order valence-electron chi connectivity index (χ0n) is 15.8. The summed E-state index contributed by atoms with van der Waals surface area (Å²) in [4.78, 5) is 0. The van der Waals surface area contributed by atoms with Crippen LogP contribution in [0.5, 0.6) is 0 Å². The average Bonchev–Trinajstić information content (AvgIpc) is 2.63. The van der Waals surface area contributed by atoms with Gasteiger partial charge < -0.3 is 0 Å². The van der Waals surface area contributed by atoms with Crippen molar-refractivity contribution in [3.8, 4) is 0 Å². The van der Waals surface area contributed by atoms with Crippen molar-refractivity contribution >= 4 is 10.0 Å². The third-order valence-electron chi connectivity index (χ3n) is 3.97. The Morgan fingerprint density at radius 3 is 1.18 bits per heavy atom. The molecular formula is C13H10F17NO2S. The maximum Gasteiger partial charge on any atom is 0.460 e. The number of alkyl halides is 17. The highest BCUT2D eigenvalue weighted by Crippen LogP contribution is 2.64. The molecule has 0 bridgehead atoms. The number of hydrogen-bond acceptors (Lipinski definition) is 2. The molecule has 0 aliphatic rings. The lowest BCUT2D eigenvalue weighted by atomic mass is 9.91. The Morgan fingerprint density at radius 1 is 0.618 bits per heavy atom. The summed E-state index contributed by atoms with van der Waals surface area (Å²) in [5.41, 5.74) is 0. The number of sulfonamides is 1. The van der Waals surface area contributed by atoms with Gasteiger partial charge in [0.1, 0.15) is 0 Å². The van der Waals surface area contributed by atoms with Crippen LogP contribution in [-0.2, 0) is 10.0 Å². The molecule has 34 heavy (non-hydrogen) atoms. The zero-order chi connectivity index (χ0) is 28.2. The molecule has 3 nitrogen and oxygen atoms in total. The van der Waals surface area contributed by atoms with Crippen LogP contribution in [0.25, 0.3) is 0 Å². The molecule has 0 unspecified atom stereocenters. The smallest absolute Gasteiger partial charge is 0.273 e. The second-order valence-corrected chi connectivity index (χ2v) is 8.19. The van der Waals surface area contributed by atoms with Crippen LogP contribution in [0.4, 0.5) is 74.6 Å². The van der Waals surface area contributed by atoms with Gasteiger partial charge in [0.25, 0.3) is 0 Å². The molecule has 0 aromatic carbocycles. The Kier molecular flexibility index (Phi) is 8.03. The van der Waals surface area contributed by atoms with Crippen molar-refractivity contribution in [2.24, 2.45) is 0 Å². The minimum absolute atomic E-state index is 0.258. The van der Waals surface area contributed by atoms with Crippen molar-refractivity contribution in [2.45, 2.75) is 60.3 Å². The van der Waals surface area contributed by atoms with Crippen LogP contribution in [0, 0.1) is 0 Å². The lowest BCUT2D eigenvalue weighted by Gasteiger charge is -2.42. The van der Waals surface area contributed by atoms with E-state index in [2.05, 4.69) is 6.58 Å². The predicted octanol–water partition coefficient (Wildman–Crippen LogP) is 6.14. The molecule has 0 saturated carbocycles. The van der Waals surface area contributed by atoms with E-state index in [4.69, 9.17) is 0 Å². The Morgan fingerprint density at radius 2 is 0.912 bits per heavy atom. The first-order chi connectivity index (χ1) is 14.5. The van der Waals surface area contributed by atoms with Gasteiger partial charge in [0.2, 0.25) is 0 Å². The van der Waals surface area contributed by atoms with Crippen LogP contribution in [0.3, 0.4) is 0 Å². The molecule has 0 aliphatic heterocycles. The molecule has 0 rings (SSSR count). The van der Waals surface area contributed by atoms with Gasteiger partial charge in [-0.2, -0.15) is 83.1 Å². The van der Waals surface area contributed by atoms with Crippen molar-refractivity contribution in [3.05, 3.63) is 12.8 Å². The fourth-order valence-corrected chi connectivity index (χ4v) is 3.35. The highest BCUT2D eigenvalue weighted by molar-refractivity contribution is 7.90. The van der Waals surface area contributed by atoms with Crippen LogP contribution in [-0.4, -0.2) is 66.2 Å². The van der Waals surface area contributed by atoms with Crippen LogP contribution in [0.1, 0.15) is 13.3 Å². The van der Waals surface area contributed by atoms with Gasteiger partial charge in [-0.3, -0.25) is 4.31 Å². The van der Waals surface area contributed by atoms with Crippen LogP contribution in [0.2, 0.25) is 0 Å². The van der Waals surface area contributed by atoms with Gasteiger partial charge in [0.15, 0.2) is 0 Å². The van der Waals surface area contributed by atoms with Gasteiger partial charge in [0.05, 0.1) is 0 Å². The van der Waals surface area contributed by atoms with Crippen molar-refractivity contribution in [3.63, 3.8) is 0 Å². The van der Waals surface area contributed by atoms with E-state index in [0.29, 0.717) is 0 Å². The molecule has 204 valence electrons. The monoisotopic (exact) mass is 567 g/mol. The van der Waals surface area contributed by atoms with E-state index in [1.807, 2.05) is 0 Å². The standard InChI is InChI=1S/C13H10F17NO2S/c1-3-5-31(4-2)34(32,33)13(29,30)11(24,25)9(20,21)7(16,17)6(14,15)8(18,19)10(22,23)12(26,27)28/h4H,2-3,5H2,1H3. The average molecular weight is 567 g/mol. The molecule has 0 spiro atoms. The molecule has 21 heteroatoms. The summed E-state index contributed by atoms with van der Waals surface area (Å²) in [6.07, 6.45) is -8.70. The minimum Gasteiger partial charge on any atom is -0.273 e. The lowest BCUT2D eigenvalue weighted by Crippen LogP contribution is -2.75. The molecule has 0 fully saturated rings. The van der Waals surface area contributed by atoms with E-state index in [1.165, 1.54) is 0 Å². The van der Waals surface area contributed by atoms with Gasteiger partial charge in [0, 0.05) is 12.7 Å². The quantitative estimate of drug-likeness (QED) is 0.282. The first-order valence-corrected chi connectivity index (χ1v) is 9.31. The third kappa shape index (κ3) is 3.94. The molecule has 0 aromatic heterocycles. The first-order valence-electron chi connectivity index (χ1n) is 7.87. The molecule has 0 aliphatic carbocycles. The second kappa shape index (κ2) is 8.45. The molecule has 0 saturated heterocycles. The van der Waals surface area contributed by atoms with Crippen LogP contribution < -0.4 is 0 Å². The summed E-state index contributed by atoms with van der Waals surface area (Å²) in [5.74, 6) is -51.6. The van der Waals surface area contributed by atoms with Crippen LogP contribution in [0.15, 0.2) is 12.8 Å². The van der Waals surface area contributed by atoms with Gasteiger partial charge in [-0.15, -0.1) is 0 Å². The van der Waals surface area contributed by atoms with E-state index >= 15 is 0 Å². The molecule has 0 amide bonds. The summed E-state index contributed by atoms with van der Waals surface area (Å²) >= 11 is 0. The van der Waals surface area contributed by atoms with Crippen molar-refractivity contribution in [2.75, 3.05) is 6.54 Å². The van der Waals surface area contributed by atoms with E-state index < -0.39 is 74.3 Å². The van der Waals surface area contributed by atoms with Crippen molar-refractivity contribution in [1.29, 1.82) is 0 Å². The SMILES string of the molecule is C=CN(CCC)S(=O)(=O)C(F)(F)C(F)(F)C(F)(F)C(F)(F)C(F)(F)C(F)(F)C(F)(F)C(F)(F)F. The highest BCUT2D eigenvalue weighted by Gasteiger charge is 2.96. The van der Waals surface area contributed by atoms with E-state index in [0.717, 1.165) is 6.92 Å². The topological polar surface area (TPSA) is 37.4 Å². The van der Waals surface area contributed by atoms with Gasteiger partial charge in [-0.1, -0.05) is 13.5 Å². The normalized spacial score (nSPS) is 15.9. The number of hydrogen-bond donors (Lipinski definition) is 0. The Bertz CT molecular complexity index is 861. The largest absolute Gasteiger partial charge is 0.460 e. The van der Waals surface area contributed by atoms with Crippen molar-refractivity contribution < 1.29 is 83.1 Å². The summed E-state index contributed by atoms with van der Waals surface area (Å²) in [7, 11) is -7.29. The fraction of sp³-hybridized carbons (Fsp3) is 0.846. The predicted molar refractivity (Wildman–Crippen MR) is 76.8 cm³/mol. The third-order valence-corrected chi connectivity index (χ3v) is 5.83. The van der Waals surface area contributed by atoms with Gasteiger partial charge in [-0.25, -0.2) is 0 Å². The molecular weight excluding hydrogens is 557 g/mol. The van der Waals surface area contributed by atoms with E-state index in [9.17, 15) is 83.1 Å². The summed E-state index contributed by atoms with van der Waals surface area (Å²) in [6.45, 7) is 2.16. The number of rotatable bonds is 11. The Balaban J connectivity index is 7.04. The molecule has 0 atom stereocenters. The summed E-state index contributed by atoms with van der Waals surface area (Å²) in [6, 6.07) is 0.